The predicted molar refractivity (Wildman–Crippen MR) is 47.5 cm³/mol. The fourth-order valence-electron chi connectivity index (χ4n) is 0.620. The summed E-state index contributed by atoms with van der Waals surface area (Å²) in [4.78, 5) is 17.4. The molecule has 0 bridgehead atoms. The number of hydrogen-bond acceptors (Lipinski definition) is 4. The van der Waals surface area contributed by atoms with Crippen LogP contribution in [0.1, 0.15) is 0 Å². The quantitative estimate of drug-likeness (QED) is 0.563. The first-order valence-corrected chi connectivity index (χ1v) is 5.42. The van der Waals surface area contributed by atoms with Crippen molar-refractivity contribution >= 4 is 27.7 Å². The van der Waals surface area contributed by atoms with Crippen molar-refractivity contribution in [2.45, 2.75) is 4.90 Å². The van der Waals surface area contributed by atoms with Crippen LogP contribution in [0.15, 0.2) is 21.7 Å². The Balaban J connectivity index is -0.000000563. The summed E-state index contributed by atoms with van der Waals surface area (Å²) in [6.07, 6.45) is 5.05. The van der Waals surface area contributed by atoms with Crippen LogP contribution in [-0.2, 0) is 66.6 Å². The normalized spacial score (nSPS) is 11.9. The Labute approximate surface area is 131 Å². The number of aromatic nitrogens is 2. The number of rotatable bonds is 2. The second-order valence-corrected chi connectivity index (χ2v) is 4.77. The summed E-state index contributed by atoms with van der Waals surface area (Å²) >= 11 is 5.42. The van der Waals surface area contributed by atoms with Crippen LogP contribution in [0.2, 0.25) is 5.28 Å². The molecular weight excluding hydrogens is 370 g/mol. The van der Waals surface area contributed by atoms with E-state index in [2.05, 4.69) is 14.3 Å². The smallest absolute Gasteiger partial charge is 0.222 e. The molecule has 1 atom stereocenters. The monoisotopic (exact) mass is 374 g/mol. The van der Waals surface area contributed by atoms with Gasteiger partial charge in [-0.2, -0.15) is 0 Å². The maximum Gasteiger partial charge on any atom is 0.222 e. The third-order valence-electron chi connectivity index (χ3n) is 1.25. The van der Waals surface area contributed by atoms with Crippen LogP contribution < -0.4 is 0 Å². The molecule has 1 amide bonds. The van der Waals surface area contributed by atoms with Gasteiger partial charge in [-0.05, 0) is 11.6 Å². The maximum absolute atomic E-state index is 11.5. The zero-order valence-corrected chi connectivity index (χ0v) is 13.2. The van der Waals surface area contributed by atoms with Crippen molar-refractivity contribution in [2.24, 2.45) is 4.36 Å². The zero-order valence-electron chi connectivity index (χ0n) is 7.82. The van der Waals surface area contributed by atoms with Gasteiger partial charge in [-0.1, -0.05) is 0 Å². The van der Waals surface area contributed by atoms with E-state index in [9.17, 15) is 9.00 Å². The van der Waals surface area contributed by atoms with Gasteiger partial charge in [0.15, 0.2) is 0 Å². The fraction of sp³-hybridized carbons (Fsp3) is 0.167. The number of halogens is 1. The Morgan fingerprint density at radius 3 is 2.12 bits per heavy atom. The van der Waals surface area contributed by atoms with Gasteiger partial charge in [0.05, 0.1) is 4.90 Å². The maximum atomic E-state index is 11.5. The molecule has 0 saturated carbocycles. The Bertz CT molecular complexity index is 433. The molecule has 0 N–H and O–H groups in total. The van der Waals surface area contributed by atoms with E-state index in [0.717, 1.165) is 0 Å². The van der Waals surface area contributed by atoms with Gasteiger partial charge in [0, 0.05) is 80.5 Å². The molecule has 0 aliphatic rings. The van der Waals surface area contributed by atoms with Gasteiger partial charge in [-0.3, -0.25) is 0 Å². The van der Waals surface area contributed by atoms with Crippen LogP contribution in [0.4, 0.5) is 0 Å². The average Bonchev–Trinajstić information content (AvgIpc) is 2.05. The summed E-state index contributed by atoms with van der Waals surface area (Å²) in [5.74, 6) is 0. The van der Waals surface area contributed by atoms with E-state index in [1.165, 1.54) is 25.1 Å². The van der Waals surface area contributed by atoms with Crippen molar-refractivity contribution < 1.29 is 61.1 Å². The molecule has 0 aliphatic heterocycles. The van der Waals surface area contributed by atoms with Crippen LogP contribution in [0, 0.1) is 0 Å². The zero-order chi connectivity index (χ0) is 9.90. The van der Waals surface area contributed by atoms with E-state index in [0.29, 0.717) is 0 Å². The van der Waals surface area contributed by atoms with Crippen LogP contribution in [0.5, 0.6) is 0 Å². The molecule has 0 radical (unpaired) electrons. The van der Waals surface area contributed by atoms with Gasteiger partial charge in [0.25, 0.3) is 0 Å². The third-order valence-corrected chi connectivity index (χ3v) is 2.95. The fourth-order valence-corrected chi connectivity index (χ4v) is 1.46. The summed E-state index contributed by atoms with van der Waals surface area (Å²) in [5.41, 5.74) is 0. The molecule has 1 aromatic rings. The van der Waals surface area contributed by atoms with E-state index in [-0.39, 0.29) is 62.3 Å². The number of hydrogen-bond donors (Lipinski definition) is 0. The van der Waals surface area contributed by atoms with Gasteiger partial charge >= 0.3 is 0 Å². The standard InChI is InChI=1S/C6H5ClN3O2S.3Cr/c1-13(12,10-4-11)5-2-8-6(7)9-3-5;;;/h2-3H,1H3;;;/q-1;;;. The third kappa shape index (κ3) is 6.35. The van der Waals surface area contributed by atoms with Crippen LogP contribution in [0.3, 0.4) is 0 Å². The SMILES string of the molecule is CS(=O)(=N[C-]=O)c1cnc(Cl)nc1.[Cr].[Cr].[Cr]. The number of carbonyl (C=O) groups excluding carboxylic acids is 1. The van der Waals surface area contributed by atoms with Crippen LogP contribution in [-0.4, -0.2) is 26.8 Å². The molecule has 0 spiro atoms. The molecule has 88 valence electrons. The molecule has 5 nitrogen and oxygen atoms in total. The van der Waals surface area contributed by atoms with Gasteiger partial charge < -0.3 is 9.16 Å². The predicted octanol–water partition coefficient (Wildman–Crippen LogP) is 0.646. The second-order valence-electron chi connectivity index (χ2n) is 2.17. The molecule has 1 aromatic heterocycles. The largest absolute Gasteiger partial charge is 0.517 e. The molecule has 1 unspecified atom stereocenters. The van der Waals surface area contributed by atoms with E-state index in [1.807, 2.05) is 0 Å². The molecule has 0 saturated heterocycles. The summed E-state index contributed by atoms with van der Waals surface area (Å²) < 4.78 is 14.7. The first-order valence-electron chi connectivity index (χ1n) is 3.12. The molecule has 10 heteroatoms. The summed E-state index contributed by atoms with van der Waals surface area (Å²) in [7, 11) is -2.76. The van der Waals surface area contributed by atoms with Gasteiger partial charge in [0.2, 0.25) is 5.28 Å². The number of amides is 1. The molecule has 0 aromatic carbocycles. The second kappa shape index (κ2) is 9.60. The molecule has 1 heterocycles. The summed E-state index contributed by atoms with van der Waals surface area (Å²) in [5, 5.41) is 0.0500. The van der Waals surface area contributed by atoms with Crippen LogP contribution >= 0.6 is 11.6 Å². The molecule has 0 aliphatic carbocycles. The average molecular weight is 375 g/mol. The van der Waals surface area contributed by atoms with E-state index in [4.69, 9.17) is 11.6 Å². The van der Waals surface area contributed by atoms with Crippen LogP contribution in [0.25, 0.3) is 0 Å². The van der Waals surface area contributed by atoms with Crippen molar-refractivity contribution in [1.29, 1.82) is 0 Å². The van der Waals surface area contributed by atoms with Gasteiger partial charge in [0.1, 0.15) is 0 Å². The molecule has 16 heavy (non-hydrogen) atoms. The molecule has 1 rings (SSSR count). The van der Waals surface area contributed by atoms with E-state index >= 15 is 0 Å². The topological polar surface area (TPSA) is 72.3 Å². The van der Waals surface area contributed by atoms with E-state index < -0.39 is 9.73 Å². The Kier molecular flexibility index (Phi) is 13.1. The van der Waals surface area contributed by atoms with Crippen molar-refractivity contribution in [3.05, 3.63) is 17.7 Å². The van der Waals surface area contributed by atoms with Gasteiger partial charge in [-0.25, -0.2) is 14.2 Å². The summed E-state index contributed by atoms with van der Waals surface area (Å²) in [6, 6.07) is 0. The van der Waals surface area contributed by atoms with Crippen molar-refractivity contribution in [3.63, 3.8) is 0 Å². The Hall–Kier alpha value is 0.587. The Morgan fingerprint density at radius 1 is 1.31 bits per heavy atom. The summed E-state index contributed by atoms with van der Waals surface area (Å²) in [6.45, 7) is 0. The minimum atomic E-state index is -2.76. The van der Waals surface area contributed by atoms with Crippen molar-refractivity contribution in [2.75, 3.05) is 6.26 Å². The van der Waals surface area contributed by atoms with Crippen molar-refractivity contribution in [1.82, 2.24) is 9.97 Å². The first kappa shape index (κ1) is 21.8. The number of nitrogens with zero attached hydrogens (tertiary/aromatic N) is 3. The van der Waals surface area contributed by atoms with E-state index in [1.54, 1.807) is 0 Å². The minimum Gasteiger partial charge on any atom is -0.517 e. The molecular formula is C6H5ClCr3N3O2S-. The minimum absolute atomic E-state index is 0. The first-order chi connectivity index (χ1) is 6.06. The van der Waals surface area contributed by atoms with Crippen molar-refractivity contribution in [3.8, 4) is 0 Å². The molecule has 0 fully saturated rings. The van der Waals surface area contributed by atoms with Gasteiger partial charge in [-0.15, -0.1) is 6.41 Å². The Morgan fingerprint density at radius 2 is 1.75 bits per heavy atom.